The lowest BCUT2D eigenvalue weighted by Gasteiger charge is -2.27. The van der Waals surface area contributed by atoms with Gasteiger partial charge < -0.3 is 0 Å². The highest BCUT2D eigenvalue weighted by Crippen LogP contribution is 2.40. The molecule has 1 aliphatic rings. The molecule has 0 fully saturated rings. The zero-order valence-corrected chi connectivity index (χ0v) is 8.56. The Hall–Kier alpha value is -0.440. The predicted octanol–water partition coefficient (Wildman–Crippen LogP) is 2.78. The van der Waals surface area contributed by atoms with Crippen molar-refractivity contribution in [3.05, 3.63) is 11.4 Å². The summed E-state index contributed by atoms with van der Waals surface area (Å²) in [5.41, 5.74) is 2.51. The first kappa shape index (κ1) is 8.17. The Labute approximate surface area is 77.3 Å². The van der Waals surface area contributed by atoms with Crippen molar-refractivity contribution in [3.63, 3.8) is 0 Å². The van der Waals surface area contributed by atoms with Crippen molar-refractivity contribution in [2.75, 3.05) is 0 Å². The van der Waals surface area contributed by atoms with Gasteiger partial charge in [0.2, 0.25) is 0 Å². The van der Waals surface area contributed by atoms with Gasteiger partial charge >= 0.3 is 0 Å². The molecule has 0 N–H and O–H groups in total. The average Bonchev–Trinajstić information content (AvgIpc) is 2.48. The van der Waals surface area contributed by atoms with Crippen LogP contribution < -0.4 is 0 Å². The van der Waals surface area contributed by atoms with Crippen molar-refractivity contribution in [1.29, 1.82) is 0 Å². The van der Waals surface area contributed by atoms with Crippen LogP contribution in [0.15, 0.2) is 0 Å². The van der Waals surface area contributed by atoms with Gasteiger partial charge in [0.25, 0.3) is 0 Å². The van der Waals surface area contributed by atoms with Gasteiger partial charge in [-0.25, -0.2) is 0 Å². The molecule has 0 amide bonds. The van der Waals surface area contributed by atoms with Gasteiger partial charge in [0, 0.05) is 11.8 Å². The highest BCUT2D eigenvalue weighted by Gasteiger charge is 2.30. The maximum atomic E-state index is 4.37. The van der Waals surface area contributed by atoms with Crippen molar-refractivity contribution in [1.82, 2.24) is 8.75 Å². The highest BCUT2D eigenvalue weighted by atomic mass is 32.1. The Kier molecular flexibility index (Phi) is 1.91. The first-order chi connectivity index (χ1) is 5.70. The lowest BCUT2D eigenvalue weighted by atomic mass is 9.77. The zero-order chi connectivity index (χ0) is 8.72. The molecule has 1 aromatic heterocycles. The normalized spacial score (nSPS) is 34.8. The second-order valence-electron chi connectivity index (χ2n) is 3.94. The first-order valence-electron chi connectivity index (χ1n) is 4.52. The summed E-state index contributed by atoms with van der Waals surface area (Å²) in [4.78, 5) is 0. The van der Waals surface area contributed by atoms with Gasteiger partial charge in [0.15, 0.2) is 0 Å². The second-order valence-corrected chi connectivity index (χ2v) is 4.47. The van der Waals surface area contributed by atoms with Crippen molar-refractivity contribution in [2.24, 2.45) is 5.92 Å². The van der Waals surface area contributed by atoms with Crippen molar-refractivity contribution < 1.29 is 0 Å². The van der Waals surface area contributed by atoms with E-state index >= 15 is 0 Å². The van der Waals surface area contributed by atoms with E-state index in [1.807, 2.05) is 0 Å². The summed E-state index contributed by atoms with van der Waals surface area (Å²) in [6.45, 7) is 6.82. The summed E-state index contributed by atoms with van der Waals surface area (Å²) in [5.74, 6) is 1.98. The van der Waals surface area contributed by atoms with E-state index in [1.54, 1.807) is 0 Å². The Morgan fingerprint density at radius 3 is 2.58 bits per heavy atom. The van der Waals surface area contributed by atoms with Gasteiger partial charge in [0.05, 0.1) is 23.1 Å². The van der Waals surface area contributed by atoms with E-state index in [0.717, 1.165) is 5.92 Å². The molecule has 1 heterocycles. The van der Waals surface area contributed by atoms with E-state index in [0.29, 0.717) is 11.8 Å². The number of fused-ring (bicyclic) bond motifs is 1. The van der Waals surface area contributed by atoms with Gasteiger partial charge in [0.1, 0.15) is 0 Å². The summed E-state index contributed by atoms with van der Waals surface area (Å²) in [7, 11) is 0. The van der Waals surface area contributed by atoms with Crippen LogP contribution in [0.3, 0.4) is 0 Å². The fourth-order valence-corrected chi connectivity index (χ4v) is 2.75. The number of aromatic nitrogens is 2. The molecule has 1 aromatic rings. The molecule has 2 rings (SSSR count). The smallest absolute Gasteiger partial charge is 0.0808 e. The first-order valence-corrected chi connectivity index (χ1v) is 5.25. The quantitative estimate of drug-likeness (QED) is 0.616. The van der Waals surface area contributed by atoms with Crippen molar-refractivity contribution in [3.8, 4) is 0 Å². The summed E-state index contributed by atoms with van der Waals surface area (Å²) >= 11 is 1.36. The minimum absolute atomic E-state index is 0.606. The van der Waals surface area contributed by atoms with E-state index in [-0.39, 0.29) is 0 Å². The third-order valence-electron chi connectivity index (χ3n) is 3.02. The molecular formula is C9H14N2S. The predicted molar refractivity (Wildman–Crippen MR) is 50.5 cm³/mol. The molecule has 3 unspecified atom stereocenters. The summed E-state index contributed by atoms with van der Waals surface area (Å²) in [5, 5.41) is 0. The third kappa shape index (κ3) is 1.07. The van der Waals surface area contributed by atoms with Crippen LogP contribution in [0, 0.1) is 5.92 Å². The van der Waals surface area contributed by atoms with Gasteiger partial charge in [-0.05, 0) is 12.3 Å². The molecule has 1 aliphatic carbocycles. The molecule has 0 aliphatic heterocycles. The van der Waals surface area contributed by atoms with E-state index in [4.69, 9.17) is 0 Å². The lowest BCUT2D eigenvalue weighted by Crippen LogP contribution is -2.18. The molecule has 0 radical (unpaired) electrons. The topological polar surface area (TPSA) is 25.8 Å². The molecular weight excluding hydrogens is 168 g/mol. The van der Waals surface area contributed by atoms with Crippen LogP contribution in [0.4, 0.5) is 0 Å². The van der Waals surface area contributed by atoms with E-state index in [1.165, 1.54) is 29.5 Å². The summed E-state index contributed by atoms with van der Waals surface area (Å²) in [6.07, 6.45) is 1.26. The highest BCUT2D eigenvalue weighted by molar-refractivity contribution is 6.99. The minimum Gasteiger partial charge on any atom is -0.178 e. The molecule has 66 valence electrons. The van der Waals surface area contributed by atoms with E-state index in [9.17, 15) is 0 Å². The van der Waals surface area contributed by atoms with Gasteiger partial charge in [-0.2, -0.15) is 8.75 Å². The molecule has 3 heteroatoms. The minimum atomic E-state index is 0.606. The molecule has 0 spiro atoms. The van der Waals surface area contributed by atoms with Gasteiger partial charge in [-0.1, -0.05) is 20.8 Å². The van der Waals surface area contributed by atoms with Crippen LogP contribution in [0.25, 0.3) is 0 Å². The maximum Gasteiger partial charge on any atom is 0.0808 e. The number of rotatable bonds is 0. The van der Waals surface area contributed by atoms with Crippen molar-refractivity contribution in [2.45, 2.75) is 39.0 Å². The Morgan fingerprint density at radius 1 is 1.17 bits per heavy atom. The molecule has 2 nitrogen and oxygen atoms in total. The number of hydrogen-bond donors (Lipinski definition) is 0. The summed E-state index contributed by atoms with van der Waals surface area (Å²) < 4.78 is 8.72. The van der Waals surface area contributed by atoms with Crippen LogP contribution in [0.2, 0.25) is 0 Å². The fourth-order valence-electron chi connectivity index (χ4n) is 2.00. The Balaban J connectivity index is 2.43. The molecule has 0 aromatic carbocycles. The van der Waals surface area contributed by atoms with Crippen LogP contribution >= 0.6 is 11.7 Å². The standard InChI is InChI=1S/C9H14N2S/c1-5-4-6(2)8-9(7(5)3)11-12-10-8/h5-7H,4H2,1-3H3. The fraction of sp³-hybridized carbons (Fsp3) is 0.778. The lowest BCUT2D eigenvalue weighted by molar-refractivity contribution is 0.380. The molecule has 0 bridgehead atoms. The third-order valence-corrected chi connectivity index (χ3v) is 3.57. The summed E-state index contributed by atoms with van der Waals surface area (Å²) in [6, 6.07) is 0. The molecule has 12 heavy (non-hydrogen) atoms. The second kappa shape index (κ2) is 2.80. The van der Waals surface area contributed by atoms with Crippen LogP contribution in [0.1, 0.15) is 50.4 Å². The van der Waals surface area contributed by atoms with Crippen LogP contribution in [-0.2, 0) is 0 Å². The molecule has 0 saturated carbocycles. The zero-order valence-electron chi connectivity index (χ0n) is 7.74. The monoisotopic (exact) mass is 182 g/mol. The van der Waals surface area contributed by atoms with Crippen LogP contribution in [-0.4, -0.2) is 8.75 Å². The van der Waals surface area contributed by atoms with Crippen molar-refractivity contribution >= 4 is 11.7 Å². The molecule has 3 atom stereocenters. The molecule has 0 saturated heterocycles. The SMILES string of the molecule is CC1CC(C)C(C)c2nsnc21. The van der Waals surface area contributed by atoms with E-state index < -0.39 is 0 Å². The Morgan fingerprint density at radius 2 is 1.83 bits per heavy atom. The number of nitrogens with zero attached hydrogens (tertiary/aromatic N) is 2. The maximum absolute atomic E-state index is 4.37. The average molecular weight is 182 g/mol. The van der Waals surface area contributed by atoms with Gasteiger partial charge in [-0.3, -0.25) is 0 Å². The Bertz CT molecular complexity index is 282. The largest absolute Gasteiger partial charge is 0.178 e. The van der Waals surface area contributed by atoms with Crippen LogP contribution in [0.5, 0.6) is 0 Å². The van der Waals surface area contributed by atoms with E-state index in [2.05, 4.69) is 29.5 Å². The number of hydrogen-bond acceptors (Lipinski definition) is 3. The van der Waals surface area contributed by atoms with Gasteiger partial charge in [-0.15, -0.1) is 0 Å².